The van der Waals surface area contributed by atoms with E-state index in [0.717, 1.165) is 31.6 Å². The molecule has 0 aliphatic heterocycles. The lowest BCUT2D eigenvalue weighted by Gasteiger charge is -2.18. The van der Waals surface area contributed by atoms with E-state index in [0.29, 0.717) is 6.54 Å². The molecule has 1 atom stereocenters. The van der Waals surface area contributed by atoms with Crippen LogP contribution in [-0.2, 0) is 4.79 Å². The van der Waals surface area contributed by atoms with E-state index >= 15 is 0 Å². The molecule has 0 heterocycles. The number of nitriles is 1. The molecule has 0 aliphatic rings. The average Bonchev–Trinajstić information content (AvgIpc) is 2.49. The third kappa shape index (κ3) is 5.02. The first-order valence-corrected chi connectivity index (χ1v) is 7.17. The van der Waals surface area contributed by atoms with Crippen LogP contribution in [0.25, 0.3) is 0 Å². The Morgan fingerprint density at radius 2 is 1.95 bits per heavy atom. The fourth-order valence-electron chi connectivity index (χ4n) is 2.09. The minimum Gasteiger partial charge on any atom is -0.355 e. The Labute approximate surface area is 121 Å². The number of carbonyl (C=O) groups excluding carboxylic acids is 1. The van der Waals surface area contributed by atoms with Gasteiger partial charge in [0.25, 0.3) is 0 Å². The van der Waals surface area contributed by atoms with Crippen molar-refractivity contribution in [1.29, 1.82) is 5.26 Å². The van der Waals surface area contributed by atoms with Crippen LogP contribution >= 0.6 is 0 Å². The first-order valence-electron chi connectivity index (χ1n) is 7.17. The summed E-state index contributed by atoms with van der Waals surface area (Å²) in [6.07, 6.45) is 0.903. The first-order chi connectivity index (χ1) is 9.72. The van der Waals surface area contributed by atoms with Crippen LogP contribution in [0.2, 0.25) is 0 Å². The molecule has 0 radical (unpaired) electrons. The van der Waals surface area contributed by atoms with Gasteiger partial charge in [-0.1, -0.05) is 44.2 Å². The molecule has 4 heteroatoms. The van der Waals surface area contributed by atoms with Crippen LogP contribution < -0.4 is 5.32 Å². The molecule has 1 unspecified atom stereocenters. The standard InChI is InChI=1S/C16H23N3O/c1-3-19(4-2)12-8-11-18-16(20)15(13-17)14-9-6-5-7-10-14/h5-7,9-10,15H,3-4,8,11-12H2,1-2H3,(H,18,20). The summed E-state index contributed by atoms with van der Waals surface area (Å²) in [6.45, 7) is 7.88. The lowest BCUT2D eigenvalue weighted by atomic mass is 10.00. The van der Waals surface area contributed by atoms with E-state index in [1.165, 1.54) is 0 Å². The van der Waals surface area contributed by atoms with Crippen molar-refractivity contribution < 1.29 is 4.79 Å². The molecular formula is C16H23N3O. The van der Waals surface area contributed by atoms with Crippen LogP contribution in [0.3, 0.4) is 0 Å². The van der Waals surface area contributed by atoms with Gasteiger partial charge >= 0.3 is 0 Å². The van der Waals surface area contributed by atoms with E-state index in [1.54, 1.807) is 0 Å². The molecule has 0 fully saturated rings. The highest BCUT2D eigenvalue weighted by Gasteiger charge is 2.19. The summed E-state index contributed by atoms with van der Waals surface area (Å²) in [5, 5.41) is 12.0. The zero-order valence-corrected chi connectivity index (χ0v) is 12.3. The molecule has 0 bridgehead atoms. The normalized spacial score (nSPS) is 11.9. The Bertz CT molecular complexity index is 435. The number of nitrogens with one attached hydrogen (secondary N) is 1. The zero-order valence-electron chi connectivity index (χ0n) is 12.3. The molecule has 0 saturated heterocycles. The number of rotatable bonds is 8. The summed E-state index contributed by atoms with van der Waals surface area (Å²) in [5.41, 5.74) is 0.747. The number of nitrogens with zero attached hydrogens (tertiary/aromatic N) is 2. The molecule has 1 amide bonds. The second-order valence-corrected chi connectivity index (χ2v) is 4.64. The van der Waals surface area contributed by atoms with Gasteiger partial charge in [0.2, 0.25) is 5.91 Å². The second-order valence-electron chi connectivity index (χ2n) is 4.64. The fourth-order valence-corrected chi connectivity index (χ4v) is 2.09. The van der Waals surface area contributed by atoms with Gasteiger partial charge in [-0.15, -0.1) is 0 Å². The number of hydrogen-bond acceptors (Lipinski definition) is 3. The average molecular weight is 273 g/mol. The smallest absolute Gasteiger partial charge is 0.241 e. The van der Waals surface area contributed by atoms with Gasteiger partial charge in [-0.3, -0.25) is 4.79 Å². The Morgan fingerprint density at radius 1 is 1.30 bits per heavy atom. The molecule has 0 spiro atoms. The largest absolute Gasteiger partial charge is 0.355 e. The van der Waals surface area contributed by atoms with E-state index in [1.807, 2.05) is 30.3 Å². The highest BCUT2D eigenvalue weighted by Crippen LogP contribution is 2.14. The van der Waals surface area contributed by atoms with Crippen LogP contribution in [0.4, 0.5) is 0 Å². The Balaban J connectivity index is 2.40. The topological polar surface area (TPSA) is 56.1 Å². The Hall–Kier alpha value is -1.86. The number of hydrogen-bond donors (Lipinski definition) is 1. The van der Waals surface area contributed by atoms with Gasteiger partial charge < -0.3 is 10.2 Å². The predicted molar refractivity (Wildman–Crippen MR) is 80.2 cm³/mol. The minimum atomic E-state index is -0.718. The summed E-state index contributed by atoms with van der Waals surface area (Å²) in [5.74, 6) is -0.928. The van der Waals surface area contributed by atoms with Crippen LogP contribution in [0.15, 0.2) is 30.3 Å². The van der Waals surface area contributed by atoms with Crippen molar-refractivity contribution in [3.63, 3.8) is 0 Å². The monoisotopic (exact) mass is 273 g/mol. The molecule has 0 saturated carbocycles. The first kappa shape index (κ1) is 16.2. The molecule has 1 N–H and O–H groups in total. The molecule has 1 aromatic rings. The third-order valence-electron chi connectivity index (χ3n) is 3.37. The lowest BCUT2D eigenvalue weighted by Crippen LogP contribution is -2.32. The molecule has 0 aromatic heterocycles. The zero-order chi connectivity index (χ0) is 14.8. The SMILES string of the molecule is CCN(CC)CCCNC(=O)C(C#N)c1ccccc1. The summed E-state index contributed by atoms with van der Waals surface area (Å²) in [6, 6.07) is 11.2. The van der Waals surface area contributed by atoms with Gasteiger partial charge in [0.1, 0.15) is 5.92 Å². The van der Waals surface area contributed by atoms with Crippen molar-refractivity contribution >= 4 is 5.91 Å². The number of carbonyl (C=O) groups is 1. The summed E-state index contributed by atoms with van der Waals surface area (Å²) in [4.78, 5) is 14.3. The van der Waals surface area contributed by atoms with E-state index in [2.05, 4.69) is 30.1 Å². The summed E-state index contributed by atoms with van der Waals surface area (Å²) >= 11 is 0. The summed E-state index contributed by atoms with van der Waals surface area (Å²) in [7, 11) is 0. The minimum absolute atomic E-state index is 0.210. The highest BCUT2D eigenvalue weighted by molar-refractivity contribution is 5.86. The quantitative estimate of drug-likeness (QED) is 0.738. The van der Waals surface area contributed by atoms with E-state index < -0.39 is 5.92 Å². The van der Waals surface area contributed by atoms with Crippen molar-refractivity contribution in [1.82, 2.24) is 10.2 Å². The molecule has 20 heavy (non-hydrogen) atoms. The number of benzene rings is 1. The maximum atomic E-state index is 12.0. The maximum absolute atomic E-state index is 12.0. The Morgan fingerprint density at radius 3 is 2.50 bits per heavy atom. The van der Waals surface area contributed by atoms with Gasteiger partial charge in [-0.05, 0) is 31.6 Å². The molecule has 0 aliphatic carbocycles. The van der Waals surface area contributed by atoms with Crippen LogP contribution in [0.1, 0.15) is 31.7 Å². The van der Waals surface area contributed by atoms with Crippen LogP contribution in [0, 0.1) is 11.3 Å². The lowest BCUT2D eigenvalue weighted by molar-refractivity contribution is -0.121. The van der Waals surface area contributed by atoms with Crippen molar-refractivity contribution in [2.75, 3.05) is 26.2 Å². The van der Waals surface area contributed by atoms with Gasteiger partial charge in [-0.25, -0.2) is 0 Å². The fraction of sp³-hybridized carbons (Fsp3) is 0.500. The van der Waals surface area contributed by atoms with Crippen LogP contribution in [0.5, 0.6) is 0 Å². The van der Waals surface area contributed by atoms with E-state index in [-0.39, 0.29) is 5.91 Å². The van der Waals surface area contributed by atoms with E-state index in [4.69, 9.17) is 5.26 Å². The van der Waals surface area contributed by atoms with Gasteiger partial charge in [0.05, 0.1) is 6.07 Å². The third-order valence-corrected chi connectivity index (χ3v) is 3.37. The molecule has 108 valence electrons. The predicted octanol–water partition coefficient (Wildman–Crippen LogP) is 2.14. The van der Waals surface area contributed by atoms with Crippen molar-refractivity contribution in [2.45, 2.75) is 26.2 Å². The van der Waals surface area contributed by atoms with Gasteiger partial charge in [0.15, 0.2) is 0 Å². The number of amides is 1. The highest BCUT2D eigenvalue weighted by atomic mass is 16.1. The molecule has 4 nitrogen and oxygen atoms in total. The Kier molecular flexibility index (Phi) is 7.38. The van der Waals surface area contributed by atoms with Crippen LogP contribution in [-0.4, -0.2) is 37.0 Å². The molecular weight excluding hydrogens is 250 g/mol. The van der Waals surface area contributed by atoms with E-state index in [9.17, 15) is 4.79 Å². The second kappa shape index (κ2) is 9.11. The molecule has 1 rings (SSSR count). The summed E-state index contributed by atoms with van der Waals surface area (Å²) < 4.78 is 0. The van der Waals surface area contributed by atoms with Crippen molar-refractivity contribution in [2.24, 2.45) is 0 Å². The molecule has 1 aromatic carbocycles. The van der Waals surface area contributed by atoms with Crippen molar-refractivity contribution in [3.05, 3.63) is 35.9 Å². The van der Waals surface area contributed by atoms with Crippen molar-refractivity contribution in [3.8, 4) is 6.07 Å². The van der Waals surface area contributed by atoms with Gasteiger partial charge in [-0.2, -0.15) is 5.26 Å². The van der Waals surface area contributed by atoms with Gasteiger partial charge in [0, 0.05) is 6.54 Å². The maximum Gasteiger partial charge on any atom is 0.241 e.